The topological polar surface area (TPSA) is 77.8 Å². The van der Waals surface area contributed by atoms with E-state index in [0.29, 0.717) is 48.2 Å². The molecule has 5 nitrogen and oxygen atoms in total. The van der Waals surface area contributed by atoms with Crippen molar-refractivity contribution in [1.29, 1.82) is 5.26 Å². The van der Waals surface area contributed by atoms with Crippen LogP contribution in [0.3, 0.4) is 0 Å². The zero-order valence-electron chi connectivity index (χ0n) is 18.7. The number of aromatic nitrogens is 1. The number of rotatable bonds is 8. The number of thiocarbonyl (C=S) groups is 1. The van der Waals surface area contributed by atoms with Crippen LogP contribution in [-0.2, 0) is 4.79 Å². The lowest BCUT2D eigenvalue weighted by Gasteiger charge is -2.13. The van der Waals surface area contributed by atoms with Gasteiger partial charge in [-0.1, -0.05) is 66.4 Å². The maximum atomic E-state index is 11.3. The lowest BCUT2D eigenvalue weighted by atomic mass is 10.0. The minimum atomic E-state index is -0.152. The van der Waals surface area contributed by atoms with Crippen LogP contribution in [0.2, 0.25) is 5.02 Å². The molecule has 1 heterocycles. The van der Waals surface area contributed by atoms with Gasteiger partial charge in [0.2, 0.25) is 5.91 Å². The van der Waals surface area contributed by atoms with Gasteiger partial charge in [-0.05, 0) is 42.5 Å². The summed E-state index contributed by atoms with van der Waals surface area (Å²) in [6.45, 7) is 5.18. The summed E-state index contributed by atoms with van der Waals surface area (Å²) in [4.78, 5) is 17.2. The fourth-order valence-corrected chi connectivity index (χ4v) is 4.62. The smallest absolute Gasteiger partial charge is 0.221 e. The van der Waals surface area contributed by atoms with Crippen molar-refractivity contribution >= 4 is 75.4 Å². The predicted molar refractivity (Wildman–Crippen MR) is 154 cm³/mol. The number of allylic oxidation sites excluding steroid dienone is 2. The summed E-state index contributed by atoms with van der Waals surface area (Å²) >= 11 is 17.5. The van der Waals surface area contributed by atoms with E-state index in [1.54, 1.807) is 36.4 Å². The van der Waals surface area contributed by atoms with Gasteiger partial charge in [0, 0.05) is 39.4 Å². The average Bonchev–Trinajstić information content (AvgIpc) is 2.82. The van der Waals surface area contributed by atoms with Gasteiger partial charge < -0.3 is 10.6 Å². The molecule has 0 atom stereocenters. The Kier molecular flexibility index (Phi) is 9.52. The van der Waals surface area contributed by atoms with Crippen molar-refractivity contribution in [2.45, 2.75) is 11.9 Å². The fourth-order valence-electron chi connectivity index (χ4n) is 3.12. The number of amides is 1. The minimum Gasteiger partial charge on any atom is -0.349 e. The number of carbonyl (C=O) groups is 1. The van der Waals surface area contributed by atoms with Crippen molar-refractivity contribution in [1.82, 2.24) is 4.98 Å². The number of nitrogens with zero attached hydrogens (tertiary/aromatic N) is 2. The quantitative estimate of drug-likeness (QED) is 0.122. The molecular formula is C26H21ClN4OS3. The molecule has 2 aromatic carbocycles. The van der Waals surface area contributed by atoms with Gasteiger partial charge in [-0.25, -0.2) is 4.98 Å². The van der Waals surface area contributed by atoms with Crippen LogP contribution in [0.25, 0.3) is 16.2 Å². The zero-order chi connectivity index (χ0) is 25.4. The molecule has 1 amide bonds. The molecule has 35 heavy (non-hydrogen) atoms. The first-order valence-electron chi connectivity index (χ1n) is 10.3. The van der Waals surface area contributed by atoms with Crippen LogP contribution in [0.15, 0.2) is 78.4 Å². The van der Waals surface area contributed by atoms with E-state index >= 15 is 0 Å². The largest absolute Gasteiger partial charge is 0.349 e. The number of hydrogen-bond acceptors (Lipinski definition) is 6. The molecule has 3 aromatic rings. The Hall–Kier alpha value is -3.09. The summed E-state index contributed by atoms with van der Waals surface area (Å²) in [6.07, 6.45) is 3.35. The molecule has 3 rings (SSSR count). The number of carbonyl (C=O) groups excluding carboxylic acids is 1. The first-order chi connectivity index (χ1) is 16.8. The highest BCUT2D eigenvalue weighted by molar-refractivity contribution is 8.01. The molecule has 0 unspecified atom stereocenters. The van der Waals surface area contributed by atoms with E-state index in [4.69, 9.17) is 28.8 Å². The summed E-state index contributed by atoms with van der Waals surface area (Å²) in [6, 6.07) is 18.7. The van der Waals surface area contributed by atoms with E-state index < -0.39 is 0 Å². The first kappa shape index (κ1) is 26.5. The second-order valence-corrected chi connectivity index (χ2v) is 9.62. The minimum absolute atomic E-state index is 0.152. The molecular weight excluding hydrogens is 516 g/mol. The first-order valence-corrected chi connectivity index (χ1v) is 12.6. The summed E-state index contributed by atoms with van der Waals surface area (Å²) in [5.74, 6) is 0.235. The van der Waals surface area contributed by atoms with Crippen molar-refractivity contribution in [3.8, 4) is 17.3 Å². The Labute approximate surface area is 224 Å². The molecule has 0 aliphatic carbocycles. The maximum Gasteiger partial charge on any atom is 0.221 e. The van der Waals surface area contributed by atoms with E-state index in [0.717, 1.165) is 11.3 Å². The van der Waals surface area contributed by atoms with Crippen LogP contribution in [0.1, 0.15) is 18.1 Å². The number of anilines is 2. The third-order valence-corrected chi connectivity index (χ3v) is 6.67. The van der Waals surface area contributed by atoms with Crippen molar-refractivity contribution in [2.24, 2.45) is 0 Å². The van der Waals surface area contributed by atoms with Crippen LogP contribution >= 0.6 is 48.2 Å². The standard InChI is InChI=1S/C26H21ClN4OS3/c1-3-5-24(33)21-13-23(17-8-10-18(27)11-9-17)31-26(22(21)14-28)35-15-25(34)30-20-7-4-6-19(12-20)29-16(2)32/h3-13,33H,1,15H2,2H3,(H,29,32)(H,30,34)/b24-5-. The van der Waals surface area contributed by atoms with E-state index in [1.807, 2.05) is 30.3 Å². The van der Waals surface area contributed by atoms with Gasteiger partial charge in [0.25, 0.3) is 0 Å². The molecule has 2 N–H and O–H groups in total. The number of hydrogen-bond donors (Lipinski definition) is 3. The number of benzene rings is 2. The molecule has 176 valence electrons. The Balaban J connectivity index is 1.88. The molecule has 0 saturated carbocycles. The third-order valence-electron chi connectivity index (χ3n) is 4.60. The molecule has 0 saturated heterocycles. The average molecular weight is 537 g/mol. The number of nitriles is 1. The summed E-state index contributed by atoms with van der Waals surface area (Å²) in [7, 11) is 0. The van der Waals surface area contributed by atoms with E-state index in [9.17, 15) is 10.1 Å². The lowest BCUT2D eigenvalue weighted by Crippen LogP contribution is -2.13. The number of thioether (sulfide) groups is 1. The Morgan fingerprint density at radius 1 is 1.23 bits per heavy atom. The second kappa shape index (κ2) is 12.6. The van der Waals surface area contributed by atoms with Gasteiger partial charge in [-0.2, -0.15) is 5.26 Å². The van der Waals surface area contributed by atoms with Crippen LogP contribution < -0.4 is 10.6 Å². The van der Waals surface area contributed by atoms with Crippen LogP contribution in [0.4, 0.5) is 11.4 Å². The molecule has 0 aliphatic rings. The van der Waals surface area contributed by atoms with Crippen molar-refractivity contribution in [2.75, 3.05) is 16.4 Å². The number of thiol groups is 1. The number of nitrogens with one attached hydrogen (secondary N) is 2. The maximum absolute atomic E-state index is 11.3. The zero-order valence-corrected chi connectivity index (χ0v) is 22.0. The normalized spacial score (nSPS) is 10.9. The van der Waals surface area contributed by atoms with Gasteiger partial charge in [-0.3, -0.25) is 4.79 Å². The van der Waals surface area contributed by atoms with Crippen molar-refractivity contribution < 1.29 is 4.79 Å². The second-order valence-electron chi connectivity index (χ2n) is 7.24. The Morgan fingerprint density at radius 2 is 1.91 bits per heavy atom. The Morgan fingerprint density at radius 3 is 2.54 bits per heavy atom. The monoisotopic (exact) mass is 536 g/mol. The summed E-state index contributed by atoms with van der Waals surface area (Å²) in [5.41, 5.74) is 4.02. The predicted octanol–water partition coefficient (Wildman–Crippen LogP) is 7.22. The number of halogens is 1. The molecule has 1 aromatic heterocycles. The fraction of sp³-hybridized carbons (Fsp3) is 0.0769. The van der Waals surface area contributed by atoms with E-state index in [1.165, 1.54) is 18.7 Å². The SMILES string of the molecule is C=C/C=C(\S)c1cc(-c2ccc(Cl)cc2)nc(SCC(=S)Nc2cccc(NC(C)=O)c2)c1C#N. The molecule has 0 fully saturated rings. The van der Waals surface area contributed by atoms with Crippen LogP contribution in [-0.4, -0.2) is 21.6 Å². The third kappa shape index (κ3) is 7.44. The van der Waals surface area contributed by atoms with Crippen molar-refractivity contribution in [3.05, 3.63) is 89.5 Å². The molecule has 0 spiro atoms. The van der Waals surface area contributed by atoms with Gasteiger partial charge in [0.05, 0.1) is 22.0 Å². The van der Waals surface area contributed by atoms with Crippen LogP contribution in [0, 0.1) is 11.3 Å². The molecule has 0 aliphatic heterocycles. The van der Waals surface area contributed by atoms with Gasteiger partial charge in [0.15, 0.2) is 0 Å². The van der Waals surface area contributed by atoms with E-state index in [-0.39, 0.29) is 5.91 Å². The Bertz CT molecular complexity index is 1350. The highest BCUT2D eigenvalue weighted by Crippen LogP contribution is 2.33. The summed E-state index contributed by atoms with van der Waals surface area (Å²) in [5, 5.41) is 17.0. The van der Waals surface area contributed by atoms with Crippen LogP contribution in [0.5, 0.6) is 0 Å². The number of pyridine rings is 1. The van der Waals surface area contributed by atoms with E-state index in [2.05, 4.69) is 35.9 Å². The highest BCUT2D eigenvalue weighted by Gasteiger charge is 2.16. The van der Waals surface area contributed by atoms with Gasteiger partial charge in [0.1, 0.15) is 11.1 Å². The van der Waals surface area contributed by atoms with Crippen molar-refractivity contribution in [3.63, 3.8) is 0 Å². The molecule has 0 radical (unpaired) electrons. The lowest BCUT2D eigenvalue weighted by molar-refractivity contribution is -0.114. The summed E-state index contributed by atoms with van der Waals surface area (Å²) < 4.78 is 0. The highest BCUT2D eigenvalue weighted by atomic mass is 35.5. The van der Waals surface area contributed by atoms with Gasteiger partial charge in [-0.15, -0.1) is 12.6 Å². The molecule has 9 heteroatoms. The van der Waals surface area contributed by atoms with Gasteiger partial charge >= 0.3 is 0 Å². The molecule has 0 bridgehead atoms.